The predicted octanol–water partition coefficient (Wildman–Crippen LogP) is 11.2. The molecule has 6 heterocycles. The molecule has 0 atom stereocenters. The van der Waals surface area contributed by atoms with Gasteiger partial charge in [0.2, 0.25) is 11.9 Å². The van der Waals surface area contributed by atoms with Crippen LogP contribution < -0.4 is 46.2 Å². The number of rotatable bonds is 11. The van der Waals surface area contributed by atoms with Crippen LogP contribution in [0.1, 0.15) is 129 Å². The summed E-state index contributed by atoms with van der Waals surface area (Å²) in [6, 6.07) is 15.0. The maximum absolute atomic E-state index is 15.2. The summed E-state index contributed by atoms with van der Waals surface area (Å²) in [6.45, 7) is 16.2. The quantitative estimate of drug-likeness (QED) is 0.0659. The van der Waals surface area contributed by atoms with Crippen molar-refractivity contribution in [3.8, 4) is 22.5 Å². The summed E-state index contributed by atoms with van der Waals surface area (Å²) in [5.41, 5.74) is 2.33. The Balaban J connectivity index is 0.000000199. The average Bonchev–Trinajstić information content (AvgIpc) is 0.786. The van der Waals surface area contributed by atoms with Gasteiger partial charge in [0.25, 0.3) is 5.91 Å². The van der Waals surface area contributed by atoms with Gasteiger partial charge in [-0.2, -0.15) is 9.97 Å². The number of alkyl carbamates (subject to hydrolysis) is 2. The second-order valence-corrected chi connectivity index (χ2v) is 24.8. The smallest absolute Gasteiger partial charge is 0.407 e. The van der Waals surface area contributed by atoms with Crippen molar-refractivity contribution >= 4 is 71.0 Å². The van der Waals surface area contributed by atoms with Crippen molar-refractivity contribution in [1.82, 2.24) is 46.5 Å². The van der Waals surface area contributed by atoms with E-state index in [-0.39, 0.29) is 66.2 Å². The highest BCUT2D eigenvalue weighted by Crippen LogP contribution is 2.43. The molecule has 5 aliphatic rings. The lowest BCUT2D eigenvalue weighted by atomic mass is 9.92. The van der Waals surface area contributed by atoms with Gasteiger partial charge in [0.05, 0.1) is 30.0 Å². The SMILES string of the molecule is Cc1ccc(C(=O)NC2CCC2)cc1-c1nc(N2CCC(NC(=O)OC(C)(C)C)CC2)nc2c1CNC(=O)N2c1c(F)cccc1F.Cc1ccc(C(=O)O)cc1-c1nc(N2CCC(NC(=O)OC(C)(C)C)CC2)nc2c1CNC(=O)N2c1c(F)cccc1F. The van der Waals surface area contributed by atoms with E-state index in [4.69, 9.17) is 24.4 Å². The molecule has 4 aromatic carbocycles. The Kier molecular flexibility index (Phi) is 18.2. The lowest BCUT2D eigenvalue weighted by Crippen LogP contribution is -2.47. The molecule has 6 aromatic rings. The van der Waals surface area contributed by atoms with E-state index in [2.05, 4.69) is 31.6 Å². The normalized spacial score (nSPS) is 16.3. The average molecular weight is 1240 g/mol. The Morgan fingerprint density at radius 3 is 1.29 bits per heavy atom. The summed E-state index contributed by atoms with van der Waals surface area (Å²) in [5, 5.41) is 23.9. The molecule has 1 aliphatic carbocycles. The van der Waals surface area contributed by atoms with Gasteiger partial charge in [0, 0.05) is 72.1 Å². The van der Waals surface area contributed by atoms with E-state index in [1.165, 1.54) is 24.3 Å². The number of aromatic carboxylic acids is 1. The Morgan fingerprint density at radius 1 is 0.544 bits per heavy atom. The number of nitrogens with one attached hydrogen (secondary N) is 5. The van der Waals surface area contributed by atoms with Gasteiger partial charge < -0.3 is 51.0 Å². The Hall–Kier alpha value is -9.62. The predicted molar refractivity (Wildman–Crippen MR) is 327 cm³/mol. The number of fused-ring (bicyclic) bond motifs is 2. The van der Waals surface area contributed by atoms with Crippen molar-refractivity contribution in [2.24, 2.45) is 0 Å². The summed E-state index contributed by atoms with van der Waals surface area (Å²) >= 11 is 0. The molecule has 1 saturated carbocycles. The van der Waals surface area contributed by atoms with Gasteiger partial charge >= 0.3 is 30.2 Å². The molecule has 4 aliphatic heterocycles. The molecule has 0 unspecified atom stereocenters. The first kappa shape index (κ1) is 63.4. The standard InChI is InChI=1S/C34H39F2N7O4.C30H32F2N6O5/c1-19-11-12-20(30(44)38-21-7-5-8-21)17-23(19)27-24-18-37-32(45)43(28-25(35)9-6-10-26(28)36)29(24)41-31(40-27)42-15-13-22(14-16-42)39-33(46)47-34(2,3)4;1-16-8-9-17(26(39)40)14-19(16)23-20-15-33-28(41)38(24-21(31)6-5-7-22(24)32)25(20)36-27(35-23)37-12-10-18(11-13-37)34-29(42)43-30(2,3)4/h6,9-12,17,21-22H,5,7-8,13-16,18H2,1-4H3,(H,37,45)(H,38,44)(H,39,46);5-9,14,18H,10-13,15H2,1-4H3,(H,33,41)(H,34,42)(H,39,40). The van der Waals surface area contributed by atoms with Crippen molar-refractivity contribution in [3.05, 3.63) is 129 Å². The summed E-state index contributed by atoms with van der Waals surface area (Å²) in [6.07, 6.45) is 4.17. The Morgan fingerprint density at radius 2 is 0.922 bits per heavy atom. The number of ether oxygens (including phenoxy) is 2. The molecule has 2 aromatic heterocycles. The molecule has 3 fully saturated rings. The third-order valence-corrected chi connectivity index (χ3v) is 15.9. The minimum atomic E-state index is -1.13. The zero-order valence-corrected chi connectivity index (χ0v) is 51.2. The molecule has 2 saturated heterocycles. The number of carbonyl (C=O) groups excluding carboxylic acids is 5. The molecule has 11 rings (SSSR count). The fourth-order valence-electron chi connectivity index (χ4n) is 11.1. The van der Waals surface area contributed by atoms with Crippen molar-refractivity contribution in [1.29, 1.82) is 0 Å². The maximum Gasteiger partial charge on any atom is 0.407 e. The third kappa shape index (κ3) is 14.1. The van der Waals surface area contributed by atoms with Gasteiger partial charge in [0.15, 0.2) is 11.6 Å². The second-order valence-electron chi connectivity index (χ2n) is 24.8. The zero-order valence-electron chi connectivity index (χ0n) is 51.2. The number of benzene rings is 4. The van der Waals surface area contributed by atoms with Crippen LogP contribution in [0.2, 0.25) is 0 Å². The van der Waals surface area contributed by atoms with E-state index < -0.39 is 76.1 Å². The van der Waals surface area contributed by atoms with E-state index >= 15 is 17.6 Å². The topological polar surface area (TPSA) is 266 Å². The van der Waals surface area contributed by atoms with Crippen LogP contribution in [0.3, 0.4) is 0 Å². The Labute approximate surface area is 517 Å². The molecule has 6 N–H and O–H groups in total. The number of aromatic nitrogens is 4. The van der Waals surface area contributed by atoms with E-state index in [9.17, 15) is 33.9 Å². The van der Waals surface area contributed by atoms with Crippen molar-refractivity contribution < 1.29 is 60.9 Å². The monoisotopic (exact) mass is 1240 g/mol. The van der Waals surface area contributed by atoms with Crippen LogP contribution in [0.25, 0.3) is 22.5 Å². The minimum absolute atomic E-state index is 0.0101. The molecule has 0 radical (unpaired) electrons. The highest BCUT2D eigenvalue weighted by Gasteiger charge is 2.38. The summed E-state index contributed by atoms with van der Waals surface area (Å²) in [7, 11) is 0. The number of hydrogen-bond acceptors (Lipinski definition) is 14. The van der Waals surface area contributed by atoms with Gasteiger partial charge in [-0.25, -0.2) is 61.3 Å². The van der Waals surface area contributed by atoms with Crippen LogP contribution in [0, 0.1) is 37.1 Å². The largest absolute Gasteiger partial charge is 0.478 e. The number of nitrogens with zero attached hydrogens (tertiary/aromatic N) is 8. The number of hydrogen-bond donors (Lipinski definition) is 6. The number of halogens is 4. The van der Waals surface area contributed by atoms with Gasteiger partial charge in [-0.15, -0.1) is 0 Å². The number of anilines is 6. The van der Waals surface area contributed by atoms with Gasteiger partial charge in [-0.05, 0) is 160 Å². The molecule has 474 valence electrons. The van der Waals surface area contributed by atoms with E-state index in [0.717, 1.165) is 58.9 Å². The van der Waals surface area contributed by atoms with E-state index in [1.807, 2.05) is 22.8 Å². The van der Waals surface area contributed by atoms with Crippen LogP contribution >= 0.6 is 0 Å². The molecule has 26 heteroatoms. The van der Waals surface area contributed by atoms with Crippen LogP contribution in [-0.2, 0) is 22.6 Å². The summed E-state index contributed by atoms with van der Waals surface area (Å²) < 4.78 is 71.1. The fraction of sp³-hybridized carbons (Fsp3) is 0.406. The lowest BCUT2D eigenvalue weighted by Gasteiger charge is -2.35. The fourth-order valence-corrected chi connectivity index (χ4v) is 11.1. The molecule has 7 amide bonds. The van der Waals surface area contributed by atoms with Crippen LogP contribution in [0.4, 0.5) is 71.6 Å². The molecule has 0 spiro atoms. The van der Waals surface area contributed by atoms with Gasteiger partial charge in [-0.3, -0.25) is 4.79 Å². The first-order valence-electron chi connectivity index (χ1n) is 29.8. The number of aryl methyl sites for hydroxylation is 2. The number of para-hydroxylation sites is 2. The molecular weight excluding hydrogens is 1170 g/mol. The van der Waals surface area contributed by atoms with Crippen molar-refractivity contribution in [2.45, 2.75) is 143 Å². The number of carboxylic acids is 1. The number of carbonyl (C=O) groups is 6. The van der Waals surface area contributed by atoms with E-state index in [1.54, 1.807) is 66.7 Å². The summed E-state index contributed by atoms with van der Waals surface area (Å²) in [5.74, 6) is -4.59. The highest BCUT2D eigenvalue weighted by molar-refractivity contribution is 6.04. The van der Waals surface area contributed by atoms with Crippen molar-refractivity contribution in [3.63, 3.8) is 0 Å². The second kappa shape index (κ2) is 25.8. The number of urea groups is 2. The van der Waals surface area contributed by atoms with Crippen LogP contribution in [-0.4, -0.2) is 117 Å². The summed E-state index contributed by atoms with van der Waals surface area (Å²) in [4.78, 5) is 101. The van der Waals surface area contributed by atoms with Crippen LogP contribution in [0.5, 0.6) is 0 Å². The van der Waals surface area contributed by atoms with Crippen LogP contribution in [0.15, 0.2) is 72.8 Å². The highest BCUT2D eigenvalue weighted by atomic mass is 19.1. The lowest BCUT2D eigenvalue weighted by molar-refractivity contribution is 0.0485. The van der Waals surface area contributed by atoms with Crippen molar-refractivity contribution in [2.75, 3.05) is 45.8 Å². The number of amides is 7. The Bertz CT molecular complexity index is 3760. The molecule has 90 heavy (non-hydrogen) atoms. The first-order valence-corrected chi connectivity index (χ1v) is 29.8. The number of carboxylic acid groups (broad SMARTS) is 1. The minimum Gasteiger partial charge on any atom is -0.478 e. The molecule has 0 bridgehead atoms. The molecule has 22 nitrogen and oxygen atoms in total. The van der Waals surface area contributed by atoms with Gasteiger partial charge in [-0.1, -0.05) is 24.3 Å². The maximum atomic E-state index is 15.2. The van der Waals surface area contributed by atoms with Gasteiger partial charge in [0.1, 0.15) is 45.8 Å². The third-order valence-electron chi connectivity index (χ3n) is 15.9. The molecular formula is C64H71F4N13O9. The zero-order chi connectivity index (χ0) is 64.5. The first-order chi connectivity index (χ1) is 42.7. The van der Waals surface area contributed by atoms with E-state index in [0.29, 0.717) is 96.6 Å². The number of piperidine rings is 2.